The molecule has 3 heterocycles. The van der Waals surface area contributed by atoms with E-state index in [4.69, 9.17) is 4.42 Å². The van der Waals surface area contributed by atoms with E-state index in [1.807, 2.05) is 30.3 Å². The van der Waals surface area contributed by atoms with Crippen LogP contribution in [0.3, 0.4) is 0 Å². The van der Waals surface area contributed by atoms with Crippen molar-refractivity contribution in [2.45, 2.75) is 32.4 Å². The first kappa shape index (κ1) is 16.3. The molecule has 0 amide bonds. The topological polar surface area (TPSA) is 66.6 Å². The van der Waals surface area contributed by atoms with Crippen molar-refractivity contribution in [2.24, 2.45) is 5.92 Å². The number of benzene rings is 1. The number of aliphatic carboxylic acids is 1. The summed E-state index contributed by atoms with van der Waals surface area (Å²) in [6.07, 6.45) is 1.66. The summed E-state index contributed by atoms with van der Waals surface area (Å²) in [5.41, 5.74) is 0.981. The highest BCUT2D eigenvalue weighted by Crippen LogP contribution is 2.32. The van der Waals surface area contributed by atoms with E-state index in [1.165, 1.54) is 0 Å². The number of hydrogen-bond acceptors (Lipinski definition) is 5. The molecule has 3 aromatic rings. The van der Waals surface area contributed by atoms with Crippen LogP contribution in [0.25, 0.3) is 21.0 Å². The molecule has 1 aliphatic rings. The lowest BCUT2D eigenvalue weighted by molar-refractivity contribution is -0.144. The second-order valence-electron chi connectivity index (χ2n) is 6.64. The van der Waals surface area contributed by atoms with Gasteiger partial charge in [0.05, 0.1) is 22.7 Å². The van der Waals surface area contributed by atoms with Gasteiger partial charge in [0.25, 0.3) is 0 Å². The quantitative estimate of drug-likeness (QED) is 0.757. The van der Waals surface area contributed by atoms with Gasteiger partial charge in [-0.25, -0.2) is 4.98 Å². The van der Waals surface area contributed by atoms with Gasteiger partial charge in [-0.1, -0.05) is 12.1 Å². The van der Waals surface area contributed by atoms with Gasteiger partial charge in [-0.15, -0.1) is 11.3 Å². The van der Waals surface area contributed by atoms with Crippen molar-refractivity contribution < 1.29 is 14.3 Å². The zero-order valence-electron chi connectivity index (χ0n) is 14.0. The maximum Gasteiger partial charge on any atom is 0.307 e. The second-order valence-corrected chi connectivity index (χ2v) is 7.67. The molecule has 2 aromatic heterocycles. The van der Waals surface area contributed by atoms with Gasteiger partial charge in [-0.2, -0.15) is 0 Å². The van der Waals surface area contributed by atoms with Crippen molar-refractivity contribution in [2.75, 3.05) is 6.54 Å². The zero-order valence-corrected chi connectivity index (χ0v) is 14.8. The molecule has 2 unspecified atom stereocenters. The van der Waals surface area contributed by atoms with Crippen molar-refractivity contribution in [3.8, 4) is 10.8 Å². The number of rotatable bonds is 4. The summed E-state index contributed by atoms with van der Waals surface area (Å²) >= 11 is 1.62. The molecule has 0 bridgehead atoms. The summed E-state index contributed by atoms with van der Waals surface area (Å²) in [6, 6.07) is 12.3. The van der Waals surface area contributed by atoms with Gasteiger partial charge >= 0.3 is 5.97 Å². The fourth-order valence-corrected chi connectivity index (χ4v) is 4.28. The average Bonchev–Trinajstić information content (AvgIpc) is 3.23. The molecule has 2 atom stereocenters. The highest BCUT2D eigenvalue weighted by Gasteiger charge is 2.30. The molecule has 0 saturated carbocycles. The fraction of sp³-hybridized carbons (Fsp3) is 0.368. The molecule has 0 spiro atoms. The summed E-state index contributed by atoms with van der Waals surface area (Å²) in [7, 11) is 0. The molecule has 1 aliphatic heterocycles. The number of fused-ring (bicyclic) bond motifs is 1. The van der Waals surface area contributed by atoms with Crippen LogP contribution in [0.15, 0.2) is 40.8 Å². The van der Waals surface area contributed by atoms with Gasteiger partial charge in [-0.05, 0) is 44.0 Å². The predicted octanol–water partition coefficient (Wildman–Crippen LogP) is 4.24. The van der Waals surface area contributed by atoms with Gasteiger partial charge in [0.1, 0.15) is 5.76 Å². The Kier molecular flexibility index (Phi) is 4.31. The molecular weight excluding hydrogens is 336 g/mol. The molecule has 1 fully saturated rings. The minimum absolute atomic E-state index is 0.283. The fourth-order valence-electron chi connectivity index (χ4n) is 3.36. The molecule has 1 saturated heterocycles. The third kappa shape index (κ3) is 3.32. The molecule has 0 aliphatic carbocycles. The van der Waals surface area contributed by atoms with Gasteiger partial charge in [0, 0.05) is 12.6 Å². The molecule has 130 valence electrons. The Hall–Kier alpha value is -2.18. The van der Waals surface area contributed by atoms with E-state index in [1.54, 1.807) is 11.3 Å². The SMILES string of the molecule is CC1CCC(C(=O)O)CN1Cc1ccc(-c2nc3ccccc3s2)o1. The summed E-state index contributed by atoms with van der Waals surface area (Å²) < 4.78 is 7.15. The Morgan fingerprint density at radius 3 is 2.96 bits per heavy atom. The van der Waals surface area contributed by atoms with Crippen LogP contribution >= 0.6 is 11.3 Å². The number of piperidine rings is 1. The normalized spacial score (nSPS) is 21.6. The van der Waals surface area contributed by atoms with E-state index in [0.29, 0.717) is 19.1 Å². The number of nitrogens with zero attached hydrogens (tertiary/aromatic N) is 2. The Bertz CT molecular complexity index is 868. The number of likely N-dealkylation sites (tertiary alicyclic amines) is 1. The molecule has 5 nitrogen and oxygen atoms in total. The third-order valence-corrected chi connectivity index (χ3v) is 5.94. The molecular formula is C19H20N2O3S. The highest BCUT2D eigenvalue weighted by atomic mass is 32.1. The Morgan fingerprint density at radius 2 is 2.16 bits per heavy atom. The number of aromatic nitrogens is 1. The van der Waals surface area contributed by atoms with Crippen LogP contribution in [0.2, 0.25) is 0 Å². The standard InChI is InChI=1S/C19H20N2O3S/c1-12-6-7-13(19(22)23)10-21(12)11-14-8-9-16(24-14)18-20-15-4-2-3-5-17(15)25-18/h2-5,8-9,12-13H,6-7,10-11H2,1H3,(H,22,23). The lowest BCUT2D eigenvalue weighted by Gasteiger charge is -2.35. The van der Waals surface area contributed by atoms with Gasteiger partial charge < -0.3 is 9.52 Å². The maximum absolute atomic E-state index is 11.3. The van der Waals surface area contributed by atoms with E-state index in [-0.39, 0.29) is 5.92 Å². The summed E-state index contributed by atoms with van der Waals surface area (Å²) in [6.45, 7) is 3.36. The monoisotopic (exact) mass is 356 g/mol. The largest absolute Gasteiger partial charge is 0.481 e. The van der Waals surface area contributed by atoms with Crippen molar-refractivity contribution in [1.29, 1.82) is 0 Å². The predicted molar refractivity (Wildman–Crippen MR) is 97.6 cm³/mol. The summed E-state index contributed by atoms with van der Waals surface area (Å²) in [5, 5.41) is 10.2. The number of furan rings is 1. The molecule has 25 heavy (non-hydrogen) atoms. The average molecular weight is 356 g/mol. The van der Waals surface area contributed by atoms with E-state index < -0.39 is 5.97 Å². The number of para-hydroxylation sites is 1. The molecule has 1 aromatic carbocycles. The minimum atomic E-state index is -0.702. The third-order valence-electron chi connectivity index (χ3n) is 4.89. The van der Waals surface area contributed by atoms with Gasteiger partial charge in [-0.3, -0.25) is 9.69 Å². The van der Waals surface area contributed by atoms with Gasteiger partial charge in [0.2, 0.25) is 0 Å². The van der Waals surface area contributed by atoms with Crippen LogP contribution < -0.4 is 0 Å². The van der Waals surface area contributed by atoms with Crippen molar-refractivity contribution in [3.63, 3.8) is 0 Å². The number of hydrogen-bond donors (Lipinski definition) is 1. The first-order chi connectivity index (χ1) is 12.1. The summed E-state index contributed by atoms with van der Waals surface area (Å²) in [4.78, 5) is 18.1. The van der Waals surface area contributed by atoms with Crippen LogP contribution in [0, 0.1) is 5.92 Å². The maximum atomic E-state index is 11.3. The van der Waals surface area contributed by atoms with Crippen LogP contribution in [0.5, 0.6) is 0 Å². The Labute approximate surface area is 149 Å². The van der Waals surface area contributed by atoms with Crippen molar-refractivity contribution in [3.05, 3.63) is 42.2 Å². The lowest BCUT2D eigenvalue weighted by Crippen LogP contribution is -2.43. The number of carbonyl (C=O) groups is 1. The molecule has 6 heteroatoms. The van der Waals surface area contributed by atoms with Crippen molar-refractivity contribution >= 4 is 27.5 Å². The highest BCUT2D eigenvalue weighted by molar-refractivity contribution is 7.21. The van der Waals surface area contributed by atoms with Crippen LogP contribution in [0.4, 0.5) is 0 Å². The van der Waals surface area contributed by atoms with Crippen molar-refractivity contribution in [1.82, 2.24) is 9.88 Å². The Morgan fingerprint density at radius 1 is 1.32 bits per heavy atom. The first-order valence-electron chi connectivity index (χ1n) is 8.51. The van der Waals surface area contributed by atoms with Crippen LogP contribution in [0.1, 0.15) is 25.5 Å². The van der Waals surface area contributed by atoms with Gasteiger partial charge in [0.15, 0.2) is 10.8 Å². The smallest absolute Gasteiger partial charge is 0.307 e. The second kappa shape index (κ2) is 6.61. The lowest BCUT2D eigenvalue weighted by atomic mass is 9.93. The summed E-state index contributed by atoms with van der Waals surface area (Å²) in [5.74, 6) is 0.643. The zero-order chi connectivity index (χ0) is 17.4. The van der Waals surface area contributed by atoms with E-state index in [0.717, 1.165) is 39.6 Å². The van der Waals surface area contributed by atoms with E-state index in [9.17, 15) is 9.90 Å². The first-order valence-corrected chi connectivity index (χ1v) is 9.33. The van der Waals surface area contributed by atoms with Crippen LogP contribution in [-0.4, -0.2) is 33.5 Å². The number of carboxylic acid groups (broad SMARTS) is 1. The minimum Gasteiger partial charge on any atom is -0.481 e. The molecule has 4 rings (SSSR count). The van der Waals surface area contributed by atoms with E-state index in [2.05, 4.69) is 22.9 Å². The number of carboxylic acids is 1. The molecule has 1 N–H and O–H groups in total. The molecule has 0 radical (unpaired) electrons. The van der Waals surface area contributed by atoms with Crippen LogP contribution in [-0.2, 0) is 11.3 Å². The van der Waals surface area contributed by atoms with E-state index >= 15 is 0 Å². The number of thiazole rings is 1. The Balaban J connectivity index is 1.51.